The van der Waals surface area contributed by atoms with E-state index in [9.17, 15) is 0 Å². The standard InChI is InChI=1S/C58H53N5O2/c1-3-18-36(19-4-1)55-59-56(41-25-17-29-45-54(41)40-24-9-12-28-44(40)58(45)42-26-10-7-22-38(42)39-23-8-11-27-43(39)58)61-57(60-55)63-47-31-14-16-33-51(47)65-53-34-48-52(35-49(53)63)64-50-32-15-13-30-46(50)62(48)37-20-5-2-6-21-37/h1-12,17-29,46-53H,13-16,30-35H2. The molecule has 5 fully saturated rings. The van der Waals surface area contributed by atoms with Crippen molar-refractivity contribution in [1.82, 2.24) is 15.0 Å². The molecule has 3 heterocycles. The maximum atomic E-state index is 7.36. The van der Waals surface area contributed by atoms with Crippen LogP contribution in [0.1, 0.15) is 86.5 Å². The van der Waals surface area contributed by atoms with Gasteiger partial charge in [0, 0.05) is 16.8 Å². The van der Waals surface area contributed by atoms with Gasteiger partial charge in [0.25, 0.3) is 0 Å². The normalized spacial score (nSPS) is 27.6. The number of ether oxygens (including phenoxy) is 2. The number of hydrogen-bond donors (Lipinski definition) is 0. The molecular weight excluding hydrogens is 799 g/mol. The molecule has 6 aromatic carbocycles. The van der Waals surface area contributed by atoms with Crippen molar-refractivity contribution < 1.29 is 9.47 Å². The third kappa shape index (κ3) is 5.64. The maximum Gasteiger partial charge on any atom is 0.230 e. The number of fused-ring (bicyclic) bond motifs is 14. The van der Waals surface area contributed by atoms with Crippen LogP contribution in [0, 0.1) is 0 Å². The molecule has 7 aromatic rings. The lowest BCUT2D eigenvalue weighted by Gasteiger charge is -2.60. The maximum absolute atomic E-state index is 7.36. The zero-order valence-electron chi connectivity index (χ0n) is 36.7. The van der Waals surface area contributed by atoms with Gasteiger partial charge in [0.1, 0.15) is 0 Å². The van der Waals surface area contributed by atoms with Gasteiger partial charge in [-0.3, -0.25) is 0 Å². The van der Waals surface area contributed by atoms with Crippen molar-refractivity contribution in [3.8, 4) is 45.0 Å². The molecule has 7 heteroatoms. The largest absolute Gasteiger partial charge is 0.371 e. The SMILES string of the molecule is c1ccc(-c2nc(-c3cccc4c3-c3ccccc3C43c4ccccc4-c4ccccc43)nc(N3C4CCCCC4OC4CC5C(CC43)OC3CCCCC3N5c3ccccc3)n2)cc1. The summed E-state index contributed by atoms with van der Waals surface area (Å²) in [5.41, 5.74) is 13.2. The molecule has 5 aliphatic carbocycles. The van der Waals surface area contributed by atoms with Gasteiger partial charge in [-0.1, -0.05) is 165 Å². The summed E-state index contributed by atoms with van der Waals surface area (Å²) in [5, 5.41) is 0. The van der Waals surface area contributed by atoms with E-state index in [-0.39, 0.29) is 42.5 Å². The Morgan fingerprint density at radius 2 is 0.892 bits per heavy atom. The van der Waals surface area contributed by atoms with Gasteiger partial charge in [-0.2, -0.15) is 9.97 Å². The average Bonchev–Trinajstić information content (AvgIpc) is 3.85. The summed E-state index contributed by atoms with van der Waals surface area (Å²) < 4.78 is 14.7. The smallest absolute Gasteiger partial charge is 0.230 e. The Kier molecular flexibility index (Phi) is 8.77. The van der Waals surface area contributed by atoms with Crippen LogP contribution in [0.3, 0.4) is 0 Å². The first-order chi connectivity index (χ1) is 32.2. The molecule has 14 rings (SSSR count). The molecule has 1 aromatic heterocycles. The van der Waals surface area contributed by atoms with Gasteiger partial charge in [-0.25, -0.2) is 4.98 Å². The molecule has 2 aliphatic heterocycles. The zero-order chi connectivity index (χ0) is 42.6. The lowest BCUT2D eigenvalue weighted by molar-refractivity contribution is -0.154. The van der Waals surface area contributed by atoms with E-state index in [0.29, 0.717) is 11.9 Å². The van der Waals surface area contributed by atoms with E-state index in [1.54, 1.807) is 0 Å². The molecule has 7 nitrogen and oxygen atoms in total. The average molecular weight is 852 g/mol. The molecule has 1 spiro atoms. The minimum Gasteiger partial charge on any atom is -0.371 e. The van der Waals surface area contributed by atoms with E-state index in [4.69, 9.17) is 24.4 Å². The van der Waals surface area contributed by atoms with Crippen molar-refractivity contribution in [2.75, 3.05) is 9.80 Å². The molecule has 3 saturated carbocycles. The van der Waals surface area contributed by atoms with Crippen LogP contribution < -0.4 is 9.80 Å². The summed E-state index contributed by atoms with van der Waals surface area (Å²) in [5.74, 6) is 2.19. The van der Waals surface area contributed by atoms with Crippen LogP contribution in [0.15, 0.2) is 152 Å². The Morgan fingerprint density at radius 3 is 1.55 bits per heavy atom. The van der Waals surface area contributed by atoms with Crippen LogP contribution in [0.25, 0.3) is 45.0 Å². The number of benzene rings is 6. The first kappa shape index (κ1) is 38.2. The molecule has 0 bridgehead atoms. The second-order valence-corrected chi connectivity index (χ2v) is 19.6. The van der Waals surface area contributed by atoms with Crippen LogP contribution in [0.2, 0.25) is 0 Å². The Balaban J connectivity index is 0.941. The van der Waals surface area contributed by atoms with Gasteiger partial charge in [0.05, 0.1) is 54.0 Å². The zero-order valence-corrected chi connectivity index (χ0v) is 36.7. The predicted molar refractivity (Wildman–Crippen MR) is 257 cm³/mol. The summed E-state index contributed by atoms with van der Waals surface area (Å²) >= 11 is 0. The van der Waals surface area contributed by atoms with Crippen LogP contribution in [-0.4, -0.2) is 63.5 Å². The Labute approximate surface area is 381 Å². The summed E-state index contributed by atoms with van der Waals surface area (Å²) in [4.78, 5) is 22.1. The molecule has 8 atom stereocenters. The van der Waals surface area contributed by atoms with E-state index >= 15 is 0 Å². The number of hydrogen-bond acceptors (Lipinski definition) is 7. The molecule has 7 aliphatic rings. The van der Waals surface area contributed by atoms with E-state index in [1.807, 2.05) is 0 Å². The molecule has 2 saturated heterocycles. The number of morpholine rings is 2. The predicted octanol–water partition coefficient (Wildman–Crippen LogP) is 11.8. The second kappa shape index (κ2) is 14.9. The van der Waals surface area contributed by atoms with Gasteiger partial charge in [-0.15, -0.1) is 0 Å². The highest BCUT2D eigenvalue weighted by Gasteiger charge is 2.56. The molecule has 322 valence electrons. The van der Waals surface area contributed by atoms with Crippen molar-refractivity contribution in [3.63, 3.8) is 0 Å². The molecule has 8 unspecified atom stereocenters. The Hall–Kier alpha value is -6.15. The molecule has 0 N–H and O–H groups in total. The van der Waals surface area contributed by atoms with E-state index in [0.717, 1.165) is 55.0 Å². The highest BCUT2D eigenvalue weighted by atomic mass is 16.5. The van der Waals surface area contributed by atoms with Crippen molar-refractivity contribution >= 4 is 11.6 Å². The van der Waals surface area contributed by atoms with E-state index in [2.05, 4.69) is 161 Å². The topological polar surface area (TPSA) is 63.6 Å². The summed E-state index contributed by atoms with van der Waals surface area (Å²) in [7, 11) is 0. The van der Waals surface area contributed by atoms with Gasteiger partial charge < -0.3 is 19.3 Å². The Bertz CT molecular complexity index is 2910. The number of para-hydroxylation sites is 1. The first-order valence-electron chi connectivity index (χ1n) is 24.4. The van der Waals surface area contributed by atoms with Crippen molar-refractivity contribution in [2.24, 2.45) is 0 Å². The number of rotatable bonds is 4. The van der Waals surface area contributed by atoms with Crippen molar-refractivity contribution in [2.45, 2.75) is 118 Å². The third-order valence-electron chi connectivity index (χ3n) is 16.5. The third-order valence-corrected chi connectivity index (χ3v) is 16.5. The minimum atomic E-state index is -0.455. The van der Waals surface area contributed by atoms with Crippen LogP contribution in [-0.2, 0) is 14.9 Å². The van der Waals surface area contributed by atoms with Crippen molar-refractivity contribution in [3.05, 3.63) is 174 Å². The molecule has 0 radical (unpaired) electrons. The number of anilines is 2. The quantitative estimate of drug-likeness (QED) is 0.175. The van der Waals surface area contributed by atoms with Gasteiger partial charge in [-0.05, 0) is 95.2 Å². The number of nitrogens with zero attached hydrogens (tertiary/aromatic N) is 5. The monoisotopic (exact) mass is 851 g/mol. The van der Waals surface area contributed by atoms with E-state index in [1.165, 1.54) is 82.3 Å². The lowest BCUT2D eigenvalue weighted by Crippen LogP contribution is -2.71. The minimum absolute atomic E-state index is 0.0288. The Morgan fingerprint density at radius 1 is 0.400 bits per heavy atom. The van der Waals surface area contributed by atoms with Crippen LogP contribution in [0.5, 0.6) is 0 Å². The fourth-order valence-electron chi connectivity index (χ4n) is 13.9. The second-order valence-electron chi connectivity index (χ2n) is 19.6. The summed E-state index contributed by atoms with van der Waals surface area (Å²) in [6, 6.07) is 56.5. The fraction of sp³-hybridized carbons (Fsp3) is 0.328. The highest BCUT2D eigenvalue weighted by Crippen LogP contribution is 2.64. The van der Waals surface area contributed by atoms with Gasteiger partial charge >= 0.3 is 0 Å². The first-order valence-corrected chi connectivity index (χ1v) is 24.4. The fourth-order valence-corrected chi connectivity index (χ4v) is 13.9. The van der Waals surface area contributed by atoms with Crippen LogP contribution >= 0.6 is 0 Å². The molecular formula is C58H53N5O2. The molecule has 0 amide bonds. The lowest BCUT2D eigenvalue weighted by atomic mass is 9.70. The highest BCUT2D eigenvalue weighted by molar-refractivity contribution is 5.99. The van der Waals surface area contributed by atoms with Gasteiger partial charge in [0.15, 0.2) is 11.6 Å². The number of aromatic nitrogens is 3. The summed E-state index contributed by atoms with van der Waals surface area (Å²) in [6.45, 7) is 0. The van der Waals surface area contributed by atoms with Crippen molar-refractivity contribution in [1.29, 1.82) is 0 Å². The molecule has 65 heavy (non-hydrogen) atoms. The summed E-state index contributed by atoms with van der Waals surface area (Å²) in [6.07, 6.45) is 11.5. The van der Waals surface area contributed by atoms with E-state index < -0.39 is 5.41 Å². The van der Waals surface area contributed by atoms with Crippen LogP contribution in [0.4, 0.5) is 11.6 Å². The van der Waals surface area contributed by atoms with Gasteiger partial charge in [0.2, 0.25) is 5.95 Å².